The monoisotopic (exact) mass is 1040 g/mol. The average molecular weight is 1040 g/mol. The standard InChI is InChI=1S/C20H18N6O.C19H15FN6.C18H18FN5O/c1-27-19-5-3-2-4-18(19)26-14-16(13-24-26)17-8-11-22-20(25-17)23-12-15-6-9-21-10-7-15;20-16-3-1-2-4-18(16)26-13-15(12-24-26)17-7-10-22-19(25-17)23-11-14-5-8-21-9-6-14;19-15-3-1-2-4-17(15)24-12-13(11-21-24)16-5-8-20-18(23-16)22-14-6-9-25-10-7-14/h2-11,13-14H,12H2,1H3,(H,22,23,25);1-10,12-13H,11H2,(H,22,23,25);1-5,8,11-12,14H,6-7,9-10H2,(H,20,22,23). The van der Waals surface area contributed by atoms with Crippen LogP contribution < -0.4 is 20.7 Å². The van der Waals surface area contributed by atoms with Crippen molar-refractivity contribution in [1.29, 1.82) is 0 Å². The molecule has 0 spiro atoms. The molecule has 11 aromatic rings. The number of halogens is 2. The van der Waals surface area contributed by atoms with Gasteiger partial charge in [0.1, 0.15) is 34.4 Å². The second kappa shape index (κ2) is 25.4. The second-order valence-electron chi connectivity index (χ2n) is 17.3. The van der Waals surface area contributed by atoms with Crippen molar-refractivity contribution in [2.75, 3.05) is 36.3 Å². The first-order chi connectivity index (χ1) is 38.4. The zero-order valence-corrected chi connectivity index (χ0v) is 42.1. The van der Waals surface area contributed by atoms with E-state index in [-0.39, 0.29) is 11.6 Å². The van der Waals surface area contributed by atoms with Crippen molar-refractivity contribution in [1.82, 2.24) is 69.2 Å². The third kappa shape index (κ3) is 13.4. The van der Waals surface area contributed by atoms with Crippen molar-refractivity contribution in [3.8, 4) is 56.6 Å². The lowest BCUT2D eigenvalue weighted by Crippen LogP contribution is -2.28. The van der Waals surface area contributed by atoms with Gasteiger partial charge in [0.25, 0.3) is 0 Å². The predicted octanol–water partition coefficient (Wildman–Crippen LogP) is 9.88. The summed E-state index contributed by atoms with van der Waals surface area (Å²) in [6.45, 7) is 2.74. The molecule has 1 aliphatic rings. The predicted molar refractivity (Wildman–Crippen MR) is 291 cm³/mol. The highest BCUT2D eigenvalue weighted by Gasteiger charge is 2.16. The fraction of sp³-hybridized carbons (Fsp3) is 0.140. The molecule has 0 bridgehead atoms. The summed E-state index contributed by atoms with van der Waals surface area (Å²) < 4.78 is 43.4. The summed E-state index contributed by atoms with van der Waals surface area (Å²) in [7, 11) is 1.65. The van der Waals surface area contributed by atoms with Crippen LogP contribution in [0.15, 0.2) is 196 Å². The lowest BCUT2D eigenvalue weighted by atomic mass is 10.1. The van der Waals surface area contributed by atoms with E-state index in [1.165, 1.54) is 21.5 Å². The highest BCUT2D eigenvalue weighted by molar-refractivity contribution is 5.61. The zero-order valence-electron chi connectivity index (χ0n) is 42.1. The molecule has 78 heavy (non-hydrogen) atoms. The van der Waals surface area contributed by atoms with E-state index < -0.39 is 0 Å². The van der Waals surface area contributed by atoms with Crippen LogP contribution in [0.5, 0.6) is 5.75 Å². The third-order valence-corrected chi connectivity index (χ3v) is 12.1. The summed E-state index contributed by atoms with van der Waals surface area (Å²) in [5.74, 6) is 1.77. The first-order valence-corrected chi connectivity index (χ1v) is 24.8. The van der Waals surface area contributed by atoms with E-state index in [1.807, 2.05) is 66.9 Å². The number of para-hydroxylation sites is 4. The van der Waals surface area contributed by atoms with Crippen LogP contribution in [0.2, 0.25) is 0 Å². The lowest BCUT2D eigenvalue weighted by molar-refractivity contribution is 0.0903. The van der Waals surface area contributed by atoms with Crippen LogP contribution >= 0.6 is 0 Å². The molecule has 1 saturated heterocycles. The molecular weight excluding hydrogens is 993 g/mol. The molecule has 3 aromatic carbocycles. The Balaban J connectivity index is 0.000000132. The number of nitrogens with zero attached hydrogens (tertiary/aromatic N) is 14. The summed E-state index contributed by atoms with van der Waals surface area (Å²) in [5.41, 5.74) is 8.60. The van der Waals surface area contributed by atoms with Gasteiger partial charge in [-0.15, -0.1) is 0 Å². The Hall–Kier alpha value is -10.2. The lowest BCUT2D eigenvalue weighted by Gasteiger charge is -2.23. The number of methoxy groups -OCH3 is 1. The maximum absolute atomic E-state index is 13.9. The molecule has 21 heteroatoms. The highest BCUT2D eigenvalue weighted by Crippen LogP contribution is 2.26. The number of aromatic nitrogens is 14. The third-order valence-electron chi connectivity index (χ3n) is 12.1. The maximum atomic E-state index is 13.9. The first-order valence-electron chi connectivity index (χ1n) is 24.8. The van der Waals surface area contributed by atoms with E-state index in [1.54, 1.807) is 129 Å². The molecule has 1 fully saturated rings. The summed E-state index contributed by atoms with van der Waals surface area (Å²) >= 11 is 0. The number of nitrogens with one attached hydrogen (secondary N) is 3. The van der Waals surface area contributed by atoms with Gasteiger partial charge in [-0.3, -0.25) is 9.97 Å². The van der Waals surface area contributed by atoms with Gasteiger partial charge in [0.05, 0.1) is 42.8 Å². The Kier molecular flexibility index (Phi) is 16.7. The molecule has 19 nitrogen and oxygen atoms in total. The number of hydrogen-bond acceptors (Lipinski definition) is 16. The van der Waals surface area contributed by atoms with Crippen molar-refractivity contribution < 1.29 is 18.3 Å². The van der Waals surface area contributed by atoms with E-state index in [4.69, 9.17) is 9.47 Å². The second-order valence-corrected chi connectivity index (χ2v) is 17.3. The molecule has 0 amide bonds. The Bertz CT molecular complexity index is 3670. The average Bonchev–Trinajstić information content (AvgIpc) is 4.33. The van der Waals surface area contributed by atoms with Gasteiger partial charge in [0.2, 0.25) is 17.8 Å². The van der Waals surface area contributed by atoms with Crippen molar-refractivity contribution >= 4 is 17.8 Å². The van der Waals surface area contributed by atoms with Gasteiger partial charge >= 0.3 is 0 Å². The van der Waals surface area contributed by atoms with Crippen LogP contribution in [-0.2, 0) is 17.8 Å². The molecule has 12 rings (SSSR count). The molecule has 1 aliphatic heterocycles. The van der Waals surface area contributed by atoms with Crippen LogP contribution in [0.1, 0.15) is 24.0 Å². The van der Waals surface area contributed by atoms with Gasteiger partial charge in [0.15, 0.2) is 0 Å². The molecule has 9 heterocycles. The largest absolute Gasteiger partial charge is 0.494 e. The van der Waals surface area contributed by atoms with Crippen LogP contribution in [0.4, 0.5) is 26.6 Å². The highest BCUT2D eigenvalue weighted by atomic mass is 19.1. The van der Waals surface area contributed by atoms with Crippen LogP contribution in [0.25, 0.3) is 50.8 Å². The minimum atomic E-state index is -0.329. The SMILES string of the molecule is COc1ccccc1-n1cc(-c2ccnc(NCc3ccncc3)n2)cn1.Fc1ccccc1-n1cc(-c2ccnc(NC3CCOCC3)n2)cn1.Fc1ccccc1-n1cc(-c2ccnc(NCc3ccncc3)n2)cn1. The summed E-state index contributed by atoms with van der Waals surface area (Å²) in [6, 6.07) is 34.3. The van der Waals surface area contributed by atoms with Gasteiger partial charge in [-0.05, 0) is 103 Å². The van der Waals surface area contributed by atoms with Crippen molar-refractivity contribution in [2.45, 2.75) is 32.0 Å². The fourth-order valence-corrected chi connectivity index (χ4v) is 8.04. The van der Waals surface area contributed by atoms with Crippen molar-refractivity contribution in [3.05, 3.63) is 219 Å². The maximum Gasteiger partial charge on any atom is 0.223 e. The van der Waals surface area contributed by atoms with Gasteiger partial charge < -0.3 is 25.4 Å². The van der Waals surface area contributed by atoms with Crippen molar-refractivity contribution in [2.24, 2.45) is 0 Å². The Morgan fingerprint density at radius 2 is 0.910 bits per heavy atom. The minimum absolute atomic E-state index is 0.318. The van der Waals surface area contributed by atoms with E-state index >= 15 is 0 Å². The Labute approximate surface area is 447 Å². The molecule has 0 aliphatic carbocycles. The van der Waals surface area contributed by atoms with E-state index in [0.29, 0.717) is 54.0 Å². The molecular formula is C57H51F2N17O2. The quantitative estimate of drug-likeness (QED) is 0.0872. The van der Waals surface area contributed by atoms with Gasteiger partial charge in [-0.2, -0.15) is 15.3 Å². The van der Waals surface area contributed by atoms with E-state index in [0.717, 1.165) is 76.7 Å². The Morgan fingerprint density at radius 3 is 1.37 bits per heavy atom. The molecule has 0 radical (unpaired) electrons. The normalized spacial score (nSPS) is 12.1. The molecule has 0 atom stereocenters. The summed E-state index contributed by atoms with van der Waals surface area (Å²) in [4.78, 5) is 34.5. The molecule has 390 valence electrons. The first kappa shape index (κ1) is 51.3. The summed E-state index contributed by atoms with van der Waals surface area (Å²) in [6.07, 6.45) is 24.6. The smallest absolute Gasteiger partial charge is 0.223 e. The van der Waals surface area contributed by atoms with Gasteiger partial charge in [-0.1, -0.05) is 36.4 Å². The fourth-order valence-electron chi connectivity index (χ4n) is 8.04. The number of rotatable bonds is 15. The molecule has 0 saturated carbocycles. The number of anilines is 3. The van der Waals surface area contributed by atoms with Crippen molar-refractivity contribution in [3.63, 3.8) is 0 Å². The number of benzene rings is 3. The molecule has 8 aromatic heterocycles. The van der Waals surface area contributed by atoms with E-state index in [2.05, 4.69) is 71.1 Å². The zero-order chi connectivity index (χ0) is 53.3. The Morgan fingerprint density at radius 1 is 0.500 bits per heavy atom. The van der Waals surface area contributed by atoms with Crippen LogP contribution in [-0.4, -0.2) is 95.6 Å². The number of pyridine rings is 2. The van der Waals surface area contributed by atoms with Gasteiger partial charge in [-0.25, -0.2) is 52.7 Å². The summed E-state index contributed by atoms with van der Waals surface area (Å²) in [5, 5.41) is 22.7. The van der Waals surface area contributed by atoms with E-state index in [9.17, 15) is 8.78 Å². The molecule has 0 unspecified atom stereocenters. The number of ether oxygens (including phenoxy) is 2. The van der Waals surface area contributed by atoms with Crippen LogP contribution in [0.3, 0.4) is 0 Å². The minimum Gasteiger partial charge on any atom is -0.494 e. The molecule has 3 N–H and O–H groups in total. The van der Waals surface area contributed by atoms with Crippen LogP contribution in [0, 0.1) is 11.6 Å². The van der Waals surface area contributed by atoms with Gasteiger partial charge in [0, 0.05) is 111 Å². The number of hydrogen-bond donors (Lipinski definition) is 3. The topological polar surface area (TPSA) is 211 Å².